The molecule has 9 nitrogen and oxygen atoms in total. The van der Waals surface area contributed by atoms with Gasteiger partial charge in [0.2, 0.25) is 11.8 Å². The number of esters is 1. The summed E-state index contributed by atoms with van der Waals surface area (Å²) in [4.78, 5) is 34.2. The minimum absolute atomic E-state index is 0.137. The molecule has 1 rings (SSSR count). The number of rotatable bonds is 13. The molecule has 152 valence electrons. The number of nitrogens with zero attached hydrogens (tertiary/aromatic N) is 3. The van der Waals surface area contributed by atoms with Gasteiger partial charge >= 0.3 is 5.97 Å². The second kappa shape index (κ2) is 12.3. The minimum Gasteiger partial charge on any atom is -0.466 e. The summed E-state index contributed by atoms with van der Waals surface area (Å²) in [6, 6.07) is 0. The van der Waals surface area contributed by atoms with Crippen LogP contribution in [0.3, 0.4) is 0 Å². The molecule has 0 bridgehead atoms. The zero-order valence-corrected chi connectivity index (χ0v) is 17.0. The number of aromatic nitrogens is 3. The van der Waals surface area contributed by atoms with E-state index in [0.29, 0.717) is 49.4 Å². The Labute approximate surface area is 163 Å². The molecule has 1 aromatic rings. The first-order valence-corrected chi connectivity index (χ1v) is 10.1. The molecular formula is C17H29N5O4S. The highest BCUT2D eigenvalue weighted by atomic mass is 32.2. The highest BCUT2D eigenvalue weighted by Crippen LogP contribution is 2.19. The lowest BCUT2D eigenvalue weighted by atomic mass is 10.2. The van der Waals surface area contributed by atoms with Crippen molar-refractivity contribution in [2.45, 2.75) is 58.2 Å². The van der Waals surface area contributed by atoms with Gasteiger partial charge < -0.3 is 20.4 Å². The second-order valence-corrected chi connectivity index (χ2v) is 7.36. The van der Waals surface area contributed by atoms with Gasteiger partial charge in [0.15, 0.2) is 5.16 Å². The lowest BCUT2D eigenvalue weighted by Gasteiger charge is -2.12. The maximum atomic E-state index is 12.0. The van der Waals surface area contributed by atoms with Crippen LogP contribution in [-0.4, -0.2) is 51.5 Å². The van der Waals surface area contributed by atoms with Gasteiger partial charge in [0.05, 0.1) is 12.4 Å². The van der Waals surface area contributed by atoms with Gasteiger partial charge in [0, 0.05) is 32.4 Å². The van der Waals surface area contributed by atoms with Crippen molar-refractivity contribution in [3.05, 3.63) is 5.82 Å². The van der Waals surface area contributed by atoms with Crippen LogP contribution in [0, 0.1) is 5.92 Å². The number of amides is 2. The van der Waals surface area contributed by atoms with E-state index < -0.39 is 0 Å². The molecule has 0 radical (unpaired) electrons. The van der Waals surface area contributed by atoms with Crippen LogP contribution in [0.25, 0.3) is 0 Å². The van der Waals surface area contributed by atoms with Gasteiger partial charge in [-0.25, -0.2) is 0 Å². The average Bonchev–Trinajstić information content (AvgIpc) is 2.96. The van der Waals surface area contributed by atoms with E-state index in [-0.39, 0.29) is 36.4 Å². The molecule has 1 aromatic heterocycles. The van der Waals surface area contributed by atoms with Gasteiger partial charge in [-0.1, -0.05) is 25.6 Å². The Morgan fingerprint density at radius 2 is 2.00 bits per heavy atom. The van der Waals surface area contributed by atoms with Crippen molar-refractivity contribution in [3.63, 3.8) is 0 Å². The molecule has 3 N–H and O–H groups in total. The van der Waals surface area contributed by atoms with Gasteiger partial charge in [-0.3, -0.25) is 14.4 Å². The van der Waals surface area contributed by atoms with Gasteiger partial charge in [0.1, 0.15) is 5.82 Å². The fourth-order valence-corrected chi connectivity index (χ4v) is 3.07. The van der Waals surface area contributed by atoms with Crippen molar-refractivity contribution in [1.82, 2.24) is 20.1 Å². The zero-order valence-electron chi connectivity index (χ0n) is 16.2. The summed E-state index contributed by atoms with van der Waals surface area (Å²) in [7, 11) is 0. The quantitative estimate of drug-likeness (QED) is 0.286. The van der Waals surface area contributed by atoms with Crippen LogP contribution in [0.15, 0.2) is 5.16 Å². The Morgan fingerprint density at radius 3 is 2.63 bits per heavy atom. The molecular weight excluding hydrogens is 370 g/mol. The Kier molecular flexibility index (Phi) is 10.5. The molecule has 0 unspecified atom stereocenters. The first kappa shape index (κ1) is 22.9. The van der Waals surface area contributed by atoms with E-state index in [0.717, 1.165) is 0 Å². The third-order valence-electron chi connectivity index (χ3n) is 3.45. The summed E-state index contributed by atoms with van der Waals surface area (Å²) in [5.74, 6) is 0.480. The first-order valence-electron chi connectivity index (χ1n) is 9.09. The Morgan fingerprint density at radius 1 is 1.26 bits per heavy atom. The third kappa shape index (κ3) is 9.41. The first-order chi connectivity index (χ1) is 12.8. The van der Waals surface area contributed by atoms with Gasteiger partial charge in [-0.15, -0.1) is 10.2 Å². The summed E-state index contributed by atoms with van der Waals surface area (Å²) in [6.45, 7) is 7.38. The largest absolute Gasteiger partial charge is 0.466 e. The molecule has 0 saturated heterocycles. The van der Waals surface area contributed by atoms with Crippen LogP contribution in [0.4, 0.5) is 0 Å². The highest BCUT2D eigenvalue weighted by molar-refractivity contribution is 7.99. The number of hydrogen-bond donors (Lipinski definition) is 2. The smallest absolute Gasteiger partial charge is 0.305 e. The number of nitrogens with two attached hydrogens (primary N) is 1. The van der Waals surface area contributed by atoms with Crippen molar-refractivity contribution < 1.29 is 19.1 Å². The molecule has 0 spiro atoms. The Balaban J connectivity index is 2.48. The van der Waals surface area contributed by atoms with Crippen molar-refractivity contribution in [2.24, 2.45) is 11.7 Å². The van der Waals surface area contributed by atoms with Crippen LogP contribution >= 0.6 is 11.8 Å². The molecule has 1 heterocycles. The van der Waals surface area contributed by atoms with E-state index in [2.05, 4.69) is 29.4 Å². The highest BCUT2D eigenvalue weighted by Gasteiger charge is 2.15. The van der Waals surface area contributed by atoms with Gasteiger partial charge in [-0.2, -0.15) is 0 Å². The number of aryl methyl sites for hydroxylation is 1. The van der Waals surface area contributed by atoms with E-state index in [4.69, 9.17) is 10.5 Å². The normalized spacial score (nSPS) is 10.8. The Hall–Kier alpha value is -2.10. The lowest BCUT2D eigenvalue weighted by Crippen LogP contribution is -2.27. The van der Waals surface area contributed by atoms with E-state index in [9.17, 15) is 14.4 Å². The number of primary amides is 1. The number of hydrogen-bond acceptors (Lipinski definition) is 7. The lowest BCUT2D eigenvalue weighted by molar-refractivity contribution is -0.143. The molecule has 0 aliphatic rings. The SMILES string of the molecule is CCOC(=O)CCCNC(=O)CSc1nnc(CCC(N)=O)n1CC(C)C. The number of thioether (sulfide) groups is 1. The van der Waals surface area contributed by atoms with Crippen molar-refractivity contribution in [2.75, 3.05) is 18.9 Å². The van der Waals surface area contributed by atoms with Crippen LogP contribution in [0.2, 0.25) is 0 Å². The summed E-state index contributed by atoms with van der Waals surface area (Å²) < 4.78 is 6.77. The summed E-state index contributed by atoms with van der Waals surface area (Å²) in [6.07, 6.45) is 1.46. The number of carbonyl (C=O) groups excluding carboxylic acids is 3. The van der Waals surface area contributed by atoms with E-state index >= 15 is 0 Å². The van der Waals surface area contributed by atoms with E-state index in [1.165, 1.54) is 11.8 Å². The monoisotopic (exact) mass is 399 g/mol. The molecule has 0 aliphatic heterocycles. The van der Waals surface area contributed by atoms with Crippen molar-refractivity contribution >= 4 is 29.5 Å². The topological polar surface area (TPSA) is 129 Å². The van der Waals surface area contributed by atoms with Crippen LogP contribution in [0.5, 0.6) is 0 Å². The van der Waals surface area contributed by atoms with Gasteiger partial charge in [0.25, 0.3) is 0 Å². The van der Waals surface area contributed by atoms with Crippen molar-refractivity contribution in [3.8, 4) is 0 Å². The number of nitrogens with one attached hydrogen (secondary N) is 1. The maximum Gasteiger partial charge on any atom is 0.305 e. The number of ether oxygens (including phenoxy) is 1. The molecule has 0 fully saturated rings. The third-order valence-corrected chi connectivity index (χ3v) is 4.42. The van der Waals surface area contributed by atoms with E-state index in [1.54, 1.807) is 6.92 Å². The maximum absolute atomic E-state index is 12.0. The van der Waals surface area contributed by atoms with Crippen LogP contribution < -0.4 is 11.1 Å². The standard InChI is InChI=1S/C17H29N5O4S/c1-4-26-16(25)6-5-9-19-15(24)11-27-17-21-20-14(8-7-13(18)23)22(17)10-12(2)3/h12H,4-11H2,1-3H3,(H2,18,23)(H,19,24). The van der Waals surface area contributed by atoms with E-state index in [1.807, 2.05) is 4.57 Å². The Bertz CT molecular complexity index is 633. The molecule has 0 saturated carbocycles. The summed E-state index contributed by atoms with van der Waals surface area (Å²) in [5, 5.41) is 11.7. The predicted molar refractivity (Wildman–Crippen MR) is 102 cm³/mol. The molecule has 0 aromatic carbocycles. The summed E-state index contributed by atoms with van der Waals surface area (Å²) >= 11 is 1.29. The zero-order chi connectivity index (χ0) is 20.2. The van der Waals surface area contributed by atoms with Crippen LogP contribution in [-0.2, 0) is 32.1 Å². The average molecular weight is 400 g/mol. The number of carbonyl (C=O) groups is 3. The molecule has 0 aliphatic carbocycles. The molecule has 10 heteroatoms. The predicted octanol–water partition coefficient (Wildman–Crippen LogP) is 0.904. The minimum atomic E-state index is -0.384. The molecule has 2 amide bonds. The van der Waals surface area contributed by atoms with Crippen molar-refractivity contribution in [1.29, 1.82) is 0 Å². The second-order valence-electron chi connectivity index (χ2n) is 6.42. The fraction of sp³-hybridized carbons (Fsp3) is 0.706. The summed E-state index contributed by atoms with van der Waals surface area (Å²) in [5.41, 5.74) is 5.21. The fourth-order valence-electron chi connectivity index (χ4n) is 2.27. The van der Waals surface area contributed by atoms with Gasteiger partial charge in [-0.05, 0) is 19.3 Å². The molecule has 27 heavy (non-hydrogen) atoms. The van der Waals surface area contributed by atoms with Crippen LogP contribution in [0.1, 0.15) is 45.9 Å². The molecule has 0 atom stereocenters.